The third kappa shape index (κ3) is 4.73. The minimum Gasteiger partial charge on any atom is -0.489 e. The number of rotatable bonds is 6. The third-order valence-electron chi connectivity index (χ3n) is 3.58. The molecule has 1 saturated heterocycles. The number of morpholine rings is 1. The van der Waals surface area contributed by atoms with Gasteiger partial charge in [-0.25, -0.2) is 0 Å². The van der Waals surface area contributed by atoms with Crippen LogP contribution in [0.2, 0.25) is 10.0 Å². The zero-order chi connectivity index (χ0) is 15.2. The number of nitrogens with two attached hydrogens (primary N) is 1. The standard InChI is InChI=1S/C15H22Cl2N2O2/c1-2-19-5-6-20-13(9-19)10-21-15-11(3-4-18)7-12(16)8-14(15)17/h7-8,13H,2-6,9-10,18H2,1H3. The number of benzene rings is 1. The van der Waals surface area contributed by atoms with Crippen LogP contribution >= 0.6 is 23.2 Å². The van der Waals surface area contributed by atoms with Gasteiger partial charge < -0.3 is 15.2 Å². The molecule has 0 radical (unpaired) electrons. The topological polar surface area (TPSA) is 47.7 Å². The Hall–Kier alpha value is -0.520. The molecule has 2 rings (SSSR count). The van der Waals surface area contributed by atoms with E-state index in [1.165, 1.54) is 0 Å². The first-order chi connectivity index (χ1) is 10.1. The lowest BCUT2D eigenvalue weighted by Gasteiger charge is -2.32. The Morgan fingerprint density at radius 2 is 2.24 bits per heavy atom. The van der Waals surface area contributed by atoms with E-state index in [-0.39, 0.29) is 6.10 Å². The van der Waals surface area contributed by atoms with Gasteiger partial charge in [-0.15, -0.1) is 0 Å². The summed E-state index contributed by atoms with van der Waals surface area (Å²) in [4.78, 5) is 2.35. The van der Waals surface area contributed by atoms with Gasteiger partial charge in [0.1, 0.15) is 18.5 Å². The average molecular weight is 333 g/mol. The van der Waals surface area contributed by atoms with Gasteiger partial charge in [0, 0.05) is 18.1 Å². The van der Waals surface area contributed by atoms with Gasteiger partial charge in [-0.1, -0.05) is 30.1 Å². The van der Waals surface area contributed by atoms with Crippen molar-refractivity contribution in [1.82, 2.24) is 4.90 Å². The highest BCUT2D eigenvalue weighted by atomic mass is 35.5. The maximum absolute atomic E-state index is 6.24. The first-order valence-electron chi connectivity index (χ1n) is 7.28. The Balaban J connectivity index is 2.02. The molecule has 1 unspecified atom stereocenters. The van der Waals surface area contributed by atoms with Gasteiger partial charge in [0.25, 0.3) is 0 Å². The van der Waals surface area contributed by atoms with Gasteiger partial charge in [0.15, 0.2) is 0 Å². The summed E-state index contributed by atoms with van der Waals surface area (Å²) < 4.78 is 11.6. The predicted octanol–water partition coefficient (Wildman–Crippen LogP) is 2.59. The second-order valence-electron chi connectivity index (χ2n) is 5.11. The average Bonchev–Trinajstić information content (AvgIpc) is 2.47. The molecular formula is C15H22Cl2N2O2. The molecule has 1 aromatic rings. The van der Waals surface area contributed by atoms with Crippen LogP contribution in [-0.2, 0) is 11.2 Å². The van der Waals surface area contributed by atoms with E-state index in [4.69, 9.17) is 38.4 Å². The number of halogens is 2. The number of likely N-dealkylation sites (N-methyl/N-ethyl adjacent to an activating group) is 1. The summed E-state index contributed by atoms with van der Waals surface area (Å²) in [6.07, 6.45) is 0.749. The summed E-state index contributed by atoms with van der Waals surface area (Å²) >= 11 is 12.3. The fourth-order valence-corrected chi connectivity index (χ4v) is 3.05. The van der Waals surface area contributed by atoms with Gasteiger partial charge in [0.05, 0.1) is 11.6 Å². The lowest BCUT2D eigenvalue weighted by atomic mass is 10.1. The van der Waals surface area contributed by atoms with Crippen molar-refractivity contribution in [2.45, 2.75) is 19.4 Å². The number of hydrogen-bond acceptors (Lipinski definition) is 4. The number of ether oxygens (including phenoxy) is 2. The Morgan fingerprint density at radius 3 is 2.95 bits per heavy atom. The molecule has 0 amide bonds. The van der Waals surface area contributed by atoms with Crippen LogP contribution in [0, 0.1) is 0 Å². The van der Waals surface area contributed by atoms with Gasteiger partial charge in [-0.05, 0) is 37.2 Å². The van der Waals surface area contributed by atoms with Crippen molar-refractivity contribution in [3.63, 3.8) is 0 Å². The molecule has 0 saturated carbocycles. The van der Waals surface area contributed by atoms with Crippen molar-refractivity contribution in [3.8, 4) is 5.75 Å². The molecule has 4 nitrogen and oxygen atoms in total. The summed E-state index contributed by atoms with van der Waals surface area (Å²) in [6.45, 7) is 6.79. The Bertz CT molecular complexity index is 471. The van der Waals surface area contributed by atoms with Gasteiger partial charge in [0.2, 0.25) is 0 Å². The summed E-state index contributed by atoms with van der Waals surface area (Å²) in [6, 6.07) is 3.55. The normalized spacial score (nSPS) is 19.7. The summed E-state index contributed by atoms with van der Waals surface area (Å²) in [5.74, 6) is 0.670. The fourth-order valence-electron chi connectivity index (χ4n) is 2.46. The highest BCUT2D eigenvalue weighted by molar-refractivity contribution is 6.35. The monoisotopic (exact) mass is 332 g/mol. The Labute approximate surface area is 136 Å². The molecule has 0 bridgehead atoms. The quantitative estimate of drug-likeness (QED) is 0.869. The van der Waals surface area contributed by atoms with Gasteiger partial charge in [-0.2, -0.15) is 0 Å². The minimum atomic E-state index is 0.0659. The van der Waals surface area contributed by atoms with Crippen LogP contribution in [0.4, 0.5) is 0 Å². The van der Waals surface area contributed by atoms with E-state index >= 15 is 0 Å². The molecular weight excluding hydrogens is 311 g/mol. The number of hydrogen-bond donors (Lipinski definition) is 1. The van der Waals surface area contributed by atoms with E-state index in [9.17, 15) is 0 Å². The van der Waals surface area contributed by atoms with Crippen LogP contribution in [-0.4, -0.2) is 50.4 Å². The van der Waals surface area contributed by atoms with E-state index in [0.29, 0.717) is 35.4 Å². The molecule has 118 valence electrons. The molecule has 1 fully saturated rings. The van der Waals surface area contributed by atoms with Crippen LogP contribution in [0.5, 0.6) is 5.75 Å². The molecule has 1 heterocycles. The molecule has 21 heavy (non-hydrogen) atoms. The largest absolute Gasteiger partial charge is 0.489 e. The van der Waals surface area contributed by atoms with Crippen LogP contribution in [0.25, 0.3) is 0 Å². The smallest absolute Gasteiger partial charge is 0.141 e. The Morgan fingerprint density at radius 1 is 1.43 bits per heavy atom. The maximum Gasteiger partial charge on any atom is 0.141 e. The van der Waals surface area contributed by atoms with Crippen molar-refractivity contribution >= 4 is 23.2 Å². The van der Waals surface area contributed by atoms with Crippen molar-refractivity contribution in [3.05, 3.63) is 27.7 Å². The molecule has 0 aromatic heterocycles. The lowest BCUT2D eigenvalue weighted by molar-refractivity contribution is -0.0465. The third-order valence-corrected chi connectivity index (χ3v) is 4.08. The van der Waals surface area contributed by atoms with Crippen LogP contribution in [0.1, 0.15) is 12.5 Å². The van der Waals surface area contributed by atoms with Crippen LogP contribution < -0.4 is 10.5 Å². The van der Waals surface area contributed by atoms with Gasteiger partial charge >= 0.3 is 0 Å². The molecule has 0 aliphatic carbocycles. The van der Waals surface area contributed by atoms with Crippen molar-refractivity contribution in [1.29, 1.82) is 0 Å². The van der Waals surface area contributed by atoms with E-state index < -0.39 is 0 Å². The first-order valence-corrected chi connectivity index (χ1v) is 8.04. The van der Waals surface area contributed by atoms with Gasteiger partial charge in [-0.3, -0.25) is 4.90 Å². The zero-order valence-corrected chi connectivity index (χ0v) is 13.8. The van der Waals surface area contributed by atoms with Crippen molar-refractivity contribution < 1.29 is 9.47 Å². The SMILES string of the molecule is CCN1CCOC(COc2c(Cl)cc(Cl)cc2CCN)C1. The lowest BCUT2D eigenvalue weighted by Crippen LogP contribution is -2.44. The maximum atomic E-state index is 6.24. The highest BCUT2D eigenvalue weighted by Gasteiger charge is 2.21. The molecule has 0 spiro atoms. The molecule has 1 atom stereocenters. The van der Waals surface area contributed by atoms with E-state index in [0.717, 1.165) is 31.8 Å². The summed E-state index contributed by atoms with van der Waals surface area (Å²) in [5.41, 5.74) is 6.57. The fraction of sp³-hybridized carbons (Fsp3) is 0.600. The van der Waals surface area contributed by atoms with Crippen LogP contribution in [0.3, 0.4) is 0 Å². The second kappa shape index (κ2) is 8.20. The summed E-state index contributed by atoms with van der Waals surface area (Å²) in [5, 5.41) is 1.12. The minimum absolute atomic E-state index is 0.0659. The molecule has 6 heteroatoms. The second-order valence-corrected chi connectivity index (χ2v) is 5.96. The molecule has 1 aromatic carbocycles. The first kappa shape index (κ1) is 16.8. The van der Waals surface area contributed by atoms with E-state index in [1.807, 2.05) is 6.07 Å². The van der Waals surface area contributed by atoms with Crippen molar-refractivity contribution in [2.75, 3.05) is 39.4 Å². The van der Waals surface area contributed by atoms with Crippen LogP contribution in [0.15, 0.2) is 12.1 Å². The Kier molecular flexibility index (Phi) is 6.58. The molecule has 1 aliphatic heterocycles. The van der Waals surface area contributed by atoms with E-state index in [2.05, 4.69) is 11.8 Å². The highest BCUT2D eigenvalue weighted by Crippen LogP contribution is 2.33. The number of nitrogens with zero attached hydrogens (tertiary/aromatic N) is 1. The van der Waals surface area contributed by atoms with Crippen molar-refractivity contribution in [2.24, 2.45) is 5.73 Å². The predicted molar refractivity (Wildman–Crippen MR) is 86.6 cm³/mol. The molecule has 2 N–H and O–H groups in total. The summed E-state index contributed by atoms with van der Waals surface area (Å²) in [7, 11) is 0. The molecule has 1 aliphatic rings. The zero-order valence-electron chi connectivity index (χ0n) is 12.3. The van der Waals surface area contributed by atoms with E-state index in [1.54, 1.807) is 6.07 Å².